The number of hydrogen-bond donors (Lipinski definition) is 0. The van der Waals surface area contributed by atoms with Crippen LogP contribution in [0.2, 0.25) is 0 Å². The summed E-state index contributed by atoms with van der Waals surface area (Å²) in [6.45, 7) is 1.87. The van der Waals surface area contributed by atoms with Crippen molar-refractivity contribution in [2.24, 2.45) is 0 Å². The molecule has 70 valence electrons. The molecule has 3 nitrogen and oxygen atoms in total. The third-order valence-electron chi connectivity index (χ3n) is 1.61. The Balaban J connectivity index is 3.38. The highest BCUT2D eigenvalue weighted by atomic mass is 79.9. The van der Waals surface area contributed by atoms with Crippen molar-refractivity contribution >= 4 is 33.2 Å². The first kappa shape index (κ1) is 10.5. The third kappa shape index (κ3) is 2.19. The van der Waals surface area contributed by atoms with Gasteiger partial charge in [0.1, 0.15) is 0 Å². The zero-order valence-electron chi connectivity index (χ0n) is 6.88. The van der Waals surface area contributed by atoms with Crippen LogP contribution in [0.3, 0.4) is 0 Å². The number of benzene rings is 1. The van der Waals surface area contributed by atoms with Gasteiger partial charge in [0.25, 0.3) is 5.69 Å². The van der Waals surface area contributed by atoms with Crippen LogP contribution in [0.15, 0.2) is 16.6 Å². The Kier molecular flexibility index (Phi) is 3.27. The molecule has 0 N–H and O–H groups in total. The van der Waals surface area contributed by atoms with Crippen LogP contribution in [0.1, 0.15) is 11.1 Å². The molecule has 0 radical (unpaired) electrons. The highest BCUT2D eigenvalue weighted by molar-refractivity contribution is 9.10. The first-order chi connectivity index (χ1) is 6.06. The zero-order chi connectivity index (χ0) is 10.0. The minimum Gasteiger partial charge on any atom is -0.258 e. The molecule has 0 aliphatic carbocycles. The lowest BCUT2D eigenvalue weighted by molar-refractivity contribution is -0.386. The number of nitro groups is 1. The maximum atomic E-state index is 10.6. The van der Waals surface area contributed by atoms with Crippen molar-refractivity contribution in [1.29, 1.82) is 0 Å². The quantitative estimate of drug-likeness (QED) is 0.467. The van der Waals surface area contributed by atoms with E-state index < -0.39 is 4.92 Å². The average Bonchev–Trinajstić information content (AvgIpc) is 2.01. The molecule has 0 amide bonds. The Bertz CT molecular complexity index is 354. The van der Waals surface area contributed by atoms with Gasteiger partial charge in [0.15, 0.2) is 0 Å². The highest BCUT2D eigenvalue weighted by Crippen LogP contribution is 2.31. The summed E-state index contributed by atoms with van der Waals surface area (Å²) in [6.07, 6.45) is 0. The number of halogens is 2. The van der Waals surface area contributed by atoms with Gasteiger partial charge in [-0.25, -0.2) is 0 Å². The van der Waals surface area contributed by atoms with E-state index in [1.807, 2.05) is 6.92 Å². The van der Waals surface area contributed by atoms with Gasteiger partial charge in [-0.2, -0.15) is 0 Å². The largest absolute Gasteiger partial charge is 0.287 e. The summed E-state index contributed by atoms with van der Waals surface area (Å²) in [5.41, 5.74) is 1.55. The maximum Gasteiger partial charge on any atom is 0.287 e. The minimum absolute atomic E-state index is 0.0561. The van der Waals surface area contributed by atoms with Gasteiger partial charge in [-0.3, -0.25) is 10.1 Å². The lowest BCUT2D eigenvalue weighted by Gasteiger charge is -2.02. The van der Waals surface area contributed by atoms with Gasteiger partial charge in [-0.05, 0) is 40.5 Å². The average molecular weight is 265 g/mol. The molecule has 5 heteroatoms. The van der Waals surface area contributed by atoms with Crippen LogP contribution in [0.5, 0.6) is 0 Å². The van der Waals surface area contributed by atoms with Crippen LogP contribution in [-0.4, -0.2) is 4.92 Å². The van der Waals surface area contributed by atoms with Crippen molar-refractivity contribution in [2.75, 3.05) is 0 Å². The highest BCUT2D eigenvalue weighted by Gasteiger charge is 2.17. The van der Waals surface area contributed by atoms with Crippen LogP contribution < -0.4 is 0 Å². The van der Waals surface area contributed by atoms with Crippen LogP contribution in [0, 0.1) is 17.0 Å². The fourth-order valence-electron chi connectivity index (χ4n) is 1.11. The number of hydrogen-bond acceptors (Lipinski definition) is 2. The molecule has 1 rings (SSSR count). The lowest BCUT2D eigenvalue weighted by atomic mass is 10.1. The van der Waals surface area contributed by atoms with Crippen LogP contribution in [0.25, 0.3) is 0 Å². The van der Waals surface area contributed by atoms with Gasteiger partial charge in [-0.1, -0.05) is 0 Å². The molecule has 0 spiro atoms. The summed E-state index contributed by atoms with van der Waals surface area (Å²) in [4.78, 5) is 10.2. The predicted octanol–water partition coefficient (Wildman–Crippen LogP) is 3.40. The summed E-state index contributed by atoms with van der Waals surface area (Å²) >= 11 is 8.73. The molecule has 0 unspecified atom stereocenters. The second-order valence-electron chi connectivity index (χ2n) is 2.65. The lowest BCUT2D eigenvalue weighted by Crippen LogP contribution is -1.95. The predicted molar refractivity (Wildman–Crippen MR) is 55.1 cm³/mol. The molecular formula is C8H7BrClNO2. The molecule has 0 saturated carbocycles. The van der Waals surface area contributed by atoms with E-state index >= 15 is 0 Å². The van der Waals surface area contributed by atoms with Crippen LogP contribution >= 0.6 is 27.5 Å². The molecular weight excluding hydrogens is 257 g/mol. The third-order valence-corrected chi connectivity index (χ3v) is 2.51. The van der Waals surface area contributed by atoms with Crippen molar-refractivity contribution in [3.8, 4) is 0 Å². The zero-order valence-corrected chi connectivity index (χ0v) is 9.22. The van der Waals surface area contributed by atoms with Gasteiger partial charge in [-0.15, -0.1) is 11.6 Å². The van der Waals surface area contributed by atoms with Crippen LogP contribution in [-0.2, 0) is 5.88 Å². The number of aryl methyl sites for hydroxylation is 1. The minimum atomic E-state index is -0.429. The summed E-state index contributed by atoms with van der Waals surface area (Å²) in [5, 5.41) is 10.6. The van der Waals surface area contributed by atoms with E-state index in [-0.39, 0.29) is 11.6 Å². The van der Waals surface area contributed by atoms with E-state index in [0.717, 1.165) is 5.56 Å². The van der Waals surface area contributed by atoms with Crippen molar-refractivity contribution in [1.82, 2.24) is 0 Å². The van der Waals surface area contributed by atoms with Crippen molar-refractivity contribution in [3.05, 3.63) is 37.8 Å². The number of rotatable bonds is 2. The molecule has 0 bridgehead atoms. The van der Waals surface area contributed by atoms with Gasteiger partial charge >= 0.3 is 0 Å². The smallest absolute Gasteiger partial charge is 0.258 e. The summed E-state index contributed by atoms with van der Waals surface area (Å²) in [7, 11) is 0. The van der Waals surface area contributed by atoms with E-state index in [1.54, 1.807) is 12.1 Å². The molecule has 1 aromatic rings. The monoisotopic (exact) mass is 263 g/mol. The Morgan fingerprint density at radius 1 is 1.62 bits per heavy atom. The summed E-state index contributed by atoms with van der Waals surface area (Å²) < 4.78 is 0.480. The van der Waals surface area contributed by atoms with Gasteiger partial charge in [0, 0.05) is 5.56 Å². The van der Waals surface area contributed by atoms with Crippen molar-refractivity contribution < 1.29 is 4.92 Å². The summed E-state index contributed by atoms with van der Waals surface area (Å²) in [6, 6.07) is 3.42. The Morgan fingerprint density at radius 2 is 2.23 bits per heavy atom. The number of alkyl halides is 1. The molecule has 0 atom stereocenters. The molecule has 0 fully saturated rings. The standard InChI is InChI=1S/C8H7BrClNO2/c1-5-2-6(4-10)8(11(12)13)7(9)3-5/h2-3H,4H2,1H3. The normalized spacial score (nSPS) is 10.1. The number of nitrogens with zero attached hydrogens (tertiary/aromatic N) is 1. The topological polar surface area (TPSA) is 43.1 Å². The maximum absolute atomic E-state index is 10.6. The van der Waals surface area contributed by atoms with E-state index in [0.29, 0.717) is 10.0 Å². The van der Waals surface area contributed by atoms with Crippen molar-refractivity contribution in [2.45, 2.75) is 12.8 Å². The fraction of sp³-hybridized carbons (Fsp3) is 0.250. The SMILES string of the molecule is Cc1cc(Br)c([N+](=O)[O-])c(CCl)c1. The molecule has 0 aliphatic rings. The van der Waals surface area contributed by atoms with Gasteiger partial charge < -0.3 is 0 Å². The Morgan fingerprint density at radius 3 is 2.69 bits per heavy atom. The van der Waals surface area contributed by atoms with Crippen molar-refractivity contribution in [3.63, 3.8) is 0 Å². The molecule has 0 aromatic heterocycles. The molecule has 1 aromatic carbocycles. The molecule has 13 heavy (non-hydrogen) atoms. The van der Waals surface area contributed by atoms with Gasteiger partial charge in [0.05, 0.1) is 15.3 Å². The van der Waals surface area contributed by atoms with Crippen LogP contribution in [0.4, 0.5) is 5.69 Å². The first-order valence-electron chi connectivity index (χ1n) is 3.55. The Labute approximate surface area is 89.0 Å². The summed E-state index contributed by atoms with van der Waals surface area (Å²) in [5.74, 6) is 0.149. The molecule has 0 heterocycles. The number of nitro benzene ring substituents is 1. The second-order valence-corrected chi connectivity index (χ2v) is 3.77. The van der Waals surface area contributed by atoms with Gasteiger partial charge in [0.2, 0.25) is 0 Å². The Hall–Kier alpha value is -0.610. The fourth-order valence-corrected chi connectivity index (χ4v) is 2.08. The van der Waals surface area contributed by atoms with E-state index in [1.165, 1.54) is 0 Å². The molecule has 0 saturated heterocycles. The second kappa shape index (κ2) is 4.07. The first-order valence-corrected chi connectivity index (χ1v) is 4.88. The molecule has 0 aliphatic heterocycles. The van der Waals surface area contributed by atoms with E-state index in [4.69, 9.17) is 11.6 Å². The van der Waals surface area contributed by atoms with E-state index in [9.17, 15) is 10.1 Å². The van der Waals surface area contributed by atoms with E-state index in [2.05, 4.69) is 15.9 Å².